The van der Waals surface area contributed by atoms with Crippen molar-refractivity contribution in [2.75, 3.05) is 7.11 Å². The maximum Gasteiger partial charge on any atom is 0.161 e. The lowest BCUT2D eigenvalue weighted by atomic mass is 10.1. The van der Waals surface area contributed by atoms with Crippen LogP contribution in [0.4, 0.5) is 4.39 Å². The van der Waals surface area contributed by atoms with Gasteiger partial charge in [-0.3, -0.25) is 0 Å². The van der Waals surface area contributed by atoms with Crippen molar-refractivity contribution in [2.45, 2.75) is 13.2 Å². The fraction of sp³-hybridized carbons (Fsp3) is 0.188. The molecule has 2 rings (SSSR count). The molecule has 4 nitrogen and oxygen atoms in total. The van der Waals surface area contributed by atoms with E-state index >= 15 is 0 Å². The number of nitrogens with zero attached hydrogens (tertiary/aromatic N) is 1. The second-order valence-corrected chi connectivity index (χ2v) is 4.40. The predicted molar refractivity (Wildman–Crippen MR) is 76.3 cm³/mol. The van der Waals surface area contributed by atoms with Crippen molar-refractivity contribution < 1.29 is 13.9 Å². The molecule has 0 aromatic heterocycles. The van der Waals surface area contributed by atoms with Crippen molar-refractivity contribution in [3.63, 3.8) is 0 Å². The van der Waals surface area contributed by atoms with Gasteiger partial charge in [0.1, 0.15) is 12.4 Å². The molecule has 2 aromatic carbocycles. The fourth-order valence-electron chi connectivity index (χ4n) is 1.85. The molecule has 2 aromatic rings. The van der Waals surface area contributed by atoms with Gasteiger partial charge in [-0.15, -0.1) is 0 Å². The van der Waals surface area contributed by atoms with Crippen molar-refractivity contribution in [1.82, 2.24) is 0 Å². The highest BCUT2D eigenvalue weighted by Gasteiger charge is 2.08. The molecule has 0 heterocycles. The Morgan fingerprint density at radius 2 is 2.00 bits per heavy atom. The van der Waals surface area contributed by atoms with Crippen LogP contribution in [0.1, 0.15) is 16.7 Å². The molecular weight excluding hydrogens is 271 g/mol. The fourth-order valence-corrected chi connectivity index (χ4v) is 1.85. The summed E-state index contributed by atoms with van der Waals surface area (Å²) in [5, 5.41) is 8.70. The van der Waals surface area contributed by atoms with Crippen LogP contribution < -0.4 is 15.2 Å². The van der Waals surface area contributed by atoms with Gasteiger partial charge < -0.3 is 15.2 Å². The highest BCUT2D eigenvalue weighted by atomic mass is 19.1. The zero-order valence-corrected chi connectivity index (χ0v) is 11.6. The largest absolute Gasteiger partial charge is 0.493 e. The third kappa shape index (κ3) is 3.50. The van der Waals surface area contributed by atoms with Gasteiger partial charge in [0.15, 0.2) is 11.5 Å². The first-order valence-electron chi connectivity index (χ1n) is 6.36. The van der Waals surface area contributed by atoms with Crippen molar-refractivity contribution >= 4 is 0 Å². The smallest absolute Gasteiger partial charge is 0.161 e. The molecular formula is C16H15FN2O2. The molecule has 108 valence electrons. The lowest BCUT2D eigenvalue weighted by Gasteiger charge is -2.12. The van der Waals surface area contributed by atoms with Crippen LogP contribution in [0.2, 0.25) is 0 Å². The first kappa shape index (κ1) is 14.8. The number of halogens is 1. The van der Waals surface area contributed by atoms with Gasteiger partial charge >= 0.3 is 0 Å². The Morgan fingerprint density at radius 3 is 2.62 bits per heavy atom. The summed E-state index contributed by atoms with van der Waals surface area (Å²) in [4.78, 5) is 0. The van der Waals surface area contributed by atoms with E-state index < -0.39 is 5.82 Å². The van der Waals surface area contributed by atoms with E-state index in [9.17, 15) is 4.39 Å². The molecule has 0 fully saturated rings. The van der Waals surface area contributed by atoms with E-state index in [1.54, 1.807) is 18.2 Å². The highest BCUT2D eigenvalue weighted by Crippen LogP contribution is 2.29. The monoisotopic (exact) mass is 286 g/mol. The van der Waals surface area contributed by atoms with Crippen LogP contribution in [-0.2, 0) is 13.2 Å². The van der Waals surface area contributed by atoms with Crippen LogP contribution in [0.3, 0.4) is 0 Å². The number of nitrogens with two attached hydrogens (primary N) is 1. The molecule has 0 bridgehead atoms. The maximum atomic E-state index is 13.8. The molecule has 0 aliphatic carbocycles. The lowest BCUT2D eigenvalue weighted by molar-refractivity contribution is 0.279. The molecule has 0 spiro atoms. The molecule has 0 saturated heterocycles. The number of hydrogen-bond acceptors (Lipinski definition) is 4. The van der Waals surface area contributed by atoms with E-state index in [0.717, 1.165) is 5.56 Å². The van der Waals surface area contributed by atoms with E-state index in [2.05, 4.69) is 0 Å². The summed E-state index contributed by atoms with van der Waals surface area (Å²) < 4.78 is 24.6. The number of nitriles is 1. The van der Waals surface area contributed by atoms with Crippen LogP contribution in [-0.4, -0.2) is 7.11 Å². The summed E-state index contributed by atoms with van der Waals surface area (Å²) in [5.41, 5.74) is 7.14. The summed E-state index contributed by atoms with van der Waals surface area (Å²) in [6.45, 7) is 0.455. The Kier molecular flexibility index (Phi) is 4.75. The minimum Gasteiger partial charge on any atom is -0.493 e. The number of methoxy groups -OCH3 is 1. The van der Waals surface area contributed by atoms with Gasteiger partial charge in [-0.05, 0) is 29.8 Å². The Labute approximate surface area is 122 Å². The molecule has 0 amide bonds. The summed E-state index contributed by atoms with van der Waals surface area (Å²) in [7, 11) is 1.53. The van der Waals surface area contributed by atoms with Gasteiger partial charge in [0.05, 0.1) is 18.7 Å². The molecule has 5 heteroatoms. The zero-order valence-electron chi connectivity index (χ0n) is 11.6. The third-order valence-electron chi connectivity index (χ3n) is 3.03. The minimum atomic E-state index is -0.466. The van der Waals surface area contributed by atoms with Gasteiger partial charge in [-0.25, -0.2) is 4.39 Å². The van der Waals surface area contributed by atoms with Crippen LogP contribution in [0.5, 0.6) is 11.5 Å². The molecule has 0 unspecified atom stereocenters. The van der Waals surface area contributed by atoms with Gasteiger partial charge in [0.2, 0.25) is 0 Å². The number of benzene rings is 2. The molecule has 21 heavy (non-hydrogen) atoms. The number of rotatable bonds is 5. The molecule has 0 aliphatic heterocycles. The van der Waals surface area contributed by atoms with Gasteiger partial charge in [0.25, 0.3) is 0 Å². The van der Waals surface area contributed by atoms with Gasteiger partial charge in [-0.1, -0.05) is 12.1 Å². The topological polar surface area (TPSA) is 68.3 Å². The van der Waals surface area contributed by atoms with Gasteiger partial charge in [0, 0.05) is 12.1 Å². The molecule has 0 aliphatic rings. The first-order chi connectivity index (χ1) is 10.2. The summed E-state index contributed by atoms with van der Waals surface area (Å²) in [6.07, 6.45) is 0. The summed E-state index contributed by atoms with van der Waals surface area (Å²) >= 11 is 0. The number of hydrogen-bond donors (Lipinski definition) is 1. The molecule has 2 N–H and O–H groups in total. The van der Waals surface area contributed by atoms with Crippen molar-refractivity contribution in [2.24, 2.45) is 5.73 Å². The Bertz CT molecular complexity index is 680. The van der Waals surface area contributed by atoms with Crippen molar-refractivity contribution in [1.29, 1.82) is 5.26 Å². The molecule has 0 radical (unpaired) electrons. The van der Waals surface area contributed by atoms with Crippen LogP contribution in [0, 0.1) is 17.1 Å². The van der Waals surface area contributed by atoms with Crippen LogP contribution >= 0.6 is 0 Å². The van der Waals surface area contributed by atoms with Crippen LogP contribution in [0.25, 0.3) is 0 Å². The standard InChI is InChI=1S/C16H15FN2O2/c1-20-16-7-12(9-19)3-5-15(16)21-10-13-4-2-11(8-18)6-14(13)17/h2-7H,9-10,19H2,1H3. The van der Waals surface area contributed by atoms with E-state index in [1.807, 2.05) is 12.1 Å². The normalized spacial score (nSPS) is 10.0. The third-order valence-corrected chi connectivity index (χ3v) is 3.03. The number of ether oxygens (including phenoxy) is 2. The Morgan fingerprint density at radius 1 is 1.19 bits per heavy atom. The van der Waals surface area contributed by atoms with Crippen molar-refractivity contribution in [3.05, 3.63) is 58.9 Å². The van der Waals surface area contributed by atoms with Crippen molar-refractivity contribution in [3.8, 4) is 17.6 Å². The molecule has 0 saturated carbocycles. The summed E-state index contributed by atoms with van der Waals surface area (Å²) in [6, 6.07) is 11.5. The predicted octanol–water partition coefficient (Wildman–Crippen LogP) is 2.74. The van der Waals surface area contributed by atoms with E-state index in [-0.39, 0.29) is 12.2 Å². The Hall–Kier alpha value is -2.58. The van der Waals surface area contributed by atoms with E-state index in [4.69, 9.17) is 20.5 Å². The average molecular weight is 286 g/mol. The first-order valence-corrected chi connectivity index (χ1v) is 6.36. The quantitative estimate of drug-likeness (QED) is 0.917. The van der Waals surface area contributed by atoms with Crippen LogP contribution in [0.15, 0.2) is 36.4 Å². The highest BCUT2D eigenvalue weighted by molar-refractivity contribution is 5.43. The van der Waals surface area contributed by atoms with E-state index in [1.165, 1.54) is 19.2 Å². The zero-order chi connectivity index (χ0) is 15.2. The molecule has 0 atom stereocenters. The van der Waals surface area contributed by atoms with Gasteiger partial charge in [-0.2, -0.15) is 5.26 Å². The van der Waals surface area contributed by atoms with E-state index in [0.29, 0.717) is 23.6 Å². The maximum absolute atomic E-state index is 13.8. The lowest BCUT2D eigenvalue weighted by Crippen LogP contribution is -2.02. The minimum absolute atomic E-state index is 0.0515. The summed E-state index contributed by atoms with van der Waals surface area (Å²) in [5.74, 6) is 0.594. The second-order valence-electron chi connectivity index (χ2n) is 4.40. The Balaban J connectivity index is 2.15. The second kappa shape index (κ2) is 6.73. The SMILES string of the molecule is COc1cc(CN)ccc1OCc1ccc(C#N)cc1F. The average Bonchev–Trinajstić information content (AvgIpc) is 2.53.